The van der Waals surface area contributed by atoms with Gasteiger partial charge in [-0.05, 0) is 61.0 Å². The Morgan fingerprint density at radius 3 is 2.43 bits per heavy atom. The first-order valence-corrected chi connectivity index (χ1v) is 8.98. The number of nitrogens with one attached hydrogen (secondary N) is 1. The number of hydrogen-bond acceptors (Lipinski definition) is 3. The molecule has 1 heterocycles. The largest absolute Gasteiger partial charge is 0.315 e. The zero-order valence-electron chi connectivity index (χ0n) is 13.5. The van der Waals surface area contributed by atoms with E-state index in [1.165, 1.54) is 31.4 Å². The molecular weight excluding hydrogens is 326 g/mol. The van der Waals surface area contributed by atoms with Crippen molar-refractivity contribution in [2.24, 2.45) is 0 Å². The highest BCUT2D eigenvalue weighted by Crippen LogP contribution is 2.39. The van der Waals surface area contributed by atoms with E-state index < -0.39 is 0 Å². The fourth-order valence-electron chi connectivity index (χ4n) is 4.02. The van der Waals surface area contributed by atoms with E-state index in [4.69, 9.17) is 0 Å². The lowest BCUT2D eigenvalue weighted by Gasteiger charge is -2.46. The summed E-state index contributed by atoms with van der Waals surface area (Å²) in [6.45, 7) is 6.83. The topological polar surface area (TPSA) is 28.2 Å². The van der Waals surface area contributed by atoms with Gasteiger partial charge < -0.3 is 5.32 Å². The highest BCUT2D eigenvalue weighted by molar-refractivity contribution is 9.10. The number of hydrogen-bond donors (Lipinski definition) is 1. The molecule has 0 saturated heterocycles. The molecule has 3 nitrogen and oxygen atoms in total. The number of likely N-dealkylation sites (N-methyl/N-ethyl adjacent to an activating group) is 2. The van der Waals surface area contributed by atoms with Crippen molar-refractivity contribution in [1.82, 2.24) is 15.2 Å². The molecule has 4 heteroatoms. The zero-order chi connectivity index (χ0) is 15.3. The van der Waals surface area contributed by atoms with Gasteiger partial charge >= 0.3 is 0 Å². The molecule has 1 atom stereocenters. The van der Waals surface area contributed by atoms with Crippen molar-refractivity contribution in [2.75, 3.05) is 20.1 Å². The Hall–Kier alpha value is -0.450. The minimum atomic E-state index is 0.299. The lowest BCUT2D eigenvalue weighted by molar-refractivity contribution is 0.0655. The molecule has 0 aromatic carbocycles. The third-order valence-corrected chi connectivity index (χ3v) is 5.53. The molecule has 1 N–H and O–H groups in total. The van der Waals surface area contributed by atoms with E-state index in [0.29, 0.717) is 11.6 Å². The monoisotopic (exact) mass is 353 g/mol. The van der Waals surface area contributed by atoms with Crippen LogP contribution in [0.3, 0.4) is 0 Å². The van der Waals surface area contributed by atoms with Crippen LogP contribution in [0.2, 0.25) is 0 Å². The highest BCUT2D eigenvalue weighted by Gasteiger charge is 2.44. The Morgan fingerprint density at radius 2 is 1.95 bits per heavy atom. The standard InChI is InChI=1S/C17H28BrN3/c1-4-21(5-2)17(10-6-7-11-17)16(19-3)12-15-9-8-14(18)13-20-15/h8-9,13,16,19H,4-7,10-12H2,1-3H3. The van der Waals surface area contributed by atoms with Crippen molar-refractivity contribution in [1.29, 1.82) is 0 Å². The van der Waals surface area contributed by atoms with Gasteiger partial charge in [-0.25, -0.2) is 0 Å². The number of halogens is 1. The molecule has 1 aromatic rings. The van der Waals surface area contributed by atoms with E-state index in [1.807, 2.05) is 6.20 Å². The summed E-state index contributed by atoms with van der Waals surface area (Å²) in [6, 6.07) is 4.70. The molecule has 0 radical (unpaired) electrons. The Labute approximate surface area is 137 Å². The number of nitrogens with zero attached hydrogens (tertiary/aromatic N) is 2. The Kier molecular flexibility index (Phi) is 6.20. The van der Waals surface area contributed by atoms with Crippen LogP contribution in [0.25, 0.3) is 0 Å². The van der Waals surface area contributed by atoms with Gasteiger partial charge in [-0.1, -0.05) is 26.7 Å². The van der Waals surface area contributed by atoms with E-state index in [2.05, 4.69) is 64.2 Å². The van der Waals surface area contributed by atoms with Crippen LogP contribution in [0.4, 0.5) is 0 Å². The Balaban J connectivity index is 2.21. The Bertz CT molecular complexity index is 422. The molecule has 2 rings (SSSR count). The van der Waals surface area contributed by atoms with Crippen LogP contribution >= 0.6 is 15.9 Å². The summed E-state index contributed by atoms with van der Waals surface area (Å²) < 4.78 is 1.05. The summed E-state index contributed by atoms with van der Waals surface area (Å²) in [5.74, 6) is 0. The lowest BCUT2D eigenvalue weighted by atomic mass is 9.83. The van der Waals surface area contributed by atoms with Crippen LogP contribution < -0.4 is 5.32 Å². The average molecular weight is 354 g/mol. The fraction of sp³-hybridized carbons (Fsp3) is 0.706. The second-order valence-corrected chi connectivity index (χ2v) is 6.91. The molecule has 0 bridgehead atoms. The average Bonchev–Trinajstić information content (AvgIpc) is 2.98. The predicted molar refractivity (Wildman–Crippen MR) is 92.6 cm³/mol. The van der Waals surface area contributed by atoms with Crippen molar-refractivity contribution in [3.05, 3.63) is 28.5 Å². The summed E-state index contributed by atoms with van der Waals surface area (Å²) in [7, 11) is 2.10. The van der Waals surface area contributed by atoms with Crippen LogP contribution in [-0.4, -0.2) is 41.6 Å². The first-order valence-electron chi connectivity index (χ1n) is 8.19. The van der Waals surface area contributed by atoms with Gasteiger partial charge in [-0.15, -0.1) is 0 Å². The summed E-state index contributed by atoms with van der Waals surface area (Å²) in [6.07, 6.45) is 8.21. The molecule has 1 aromatic heterocycles. The molecule has 0 spiro atoms. The van der Waals surface area contributed by atoms with E-state index in [9.17, 15) is 0 Å². The number of rotatable bonds is 7. The van der Waals surface area contributed by atoms with Crippen LogP contribution in [0, 0.1) is 0 Å². The van der Waals surface area contributed by atoms with Crippen LogP contribution in [0.1, 0.15) is 45.2 Å². The minimum absolute atomic E-state index is 0.299. The van der Waals surface area contributed by atoms with Gasteiger partial charge in [0.25, 0.3) is 0 Å². The number of aromatic nitrogens is 1. The molecule has 1 unspecified atom stereocenters. The van der Waals surface area contributed by atoms with E-state index >= 15 is 0 Å². The third kappa shape index (κ3) is 3.66. The van der Waals surface area contributed by atoms with Crippen molar-refractivity contribution in [3.63, 3.8) is 0 Å². The van der Waals surface area contributed by atoms with Gasteiger partial charge in [0.15, 0.2) is 0 Å². The summed E-state index contributed by atoms with van der Waals surface area (Å²) >= 11 is 3.46. The lowest BCUT2D eigenvalue weighted by Crippen LogP contribution is -2.60. The maximum Gasteiger partial charge on any atom is 0.0420 e. The highest BCUT2D eigenvalue weighted by atomic mass is 79.9. The molecule has 1 saturated carbocycles. The van der Waals surface area contributed by atoms with Crippen molar-refractivity contribution in [2.45, 2.75) is 57.5 Å². The van der Waals surface area contributed by atoms with Crippen LogP contribution in [0.5, 0.6) is 0 Å². The second-order valence-electron chi connectivity index (χ2n) is 6.00. The Morgan fingerprint density at radius 1 is 1.29 bits per heavy atom. The van der Waals surface area contributed by atoms with Crippen molar-refractivity contribution >= 4 is 15.9 Å². The predicted octanol–water partition coefficient (Wildman–Crippen LogP) is 3.63. The van der Waals surface area contributed by atoms with Crippen molar-refractivity contribution in [3.8, 4) is 0 Å². The molecule has 1 aliphatic rings. The first-order chi connectivity index (χ1) is 10.2. The summed E-state index contributed by atoms with van der Waals surface area (Å²) in [5, 5.41) is 3.60. The quantitative estimate of drug-likeness (QED) is 0.811. The molecule has 0 aliphatic heterocycles. The van der Waals surface area contributed by atoms with Crippen LogP contribution in [-0.2, 0) is 6.42 Å². The number of pyridine rings is 1. The van der Waals surface area contributed by atoms with Crippen molar-refractivity contribution < 1.29 is 0 Å². The molecule has 21 heavy (non-hydrogen) atoms. The SMILES string of the molecule is CCN(CC)C1(C(Cc2ccc(Br)cn2)NC)CCCC1. The second kappa shape index (κ2) is 7.70. The molecule has 1 fully saturated rings. The summed E-state index contributed by atoms with van der Waals surface area (Å²) in [4.78, 5) is 7.24. The van der Waals surface area contributed by atoms with E-state index in [-0.39, 0.29) is 0 Å². The van der Waals surface area contributed by atoms with Gasteiger partial charge in [-0.3, -0.25) is 9.88 Å². The molecule has 1 aliphatic carbocycles. The van der Waals surface area contributed by atoms with Gasteiger partial charge in [0, 0.05) is 34.4 Å². The van der Waals surface area contributed by atoms with E-state index in [0.717, 1.165) is 24.0 Å². The normalized spacial score (nSPS) is 19.1. The zero-order valence-corrected chi connectivity index (χ0v) is 15.1. The molecular formula is C17H28BrN3. The maximum atomic E-state index is 4.57. The first kappa shape index (κ1) is 16.9. The van der Waals surface area contributed by atoms with Gasteiger partial charge in [0.1, 0.15) is 0 Å². The van der Waals surface area contributed by atoms with Gasteiger partial charge in [0.05, 0.1) is 0 Å². The molecule has 0 amide bonds. The maximum absolute atomic E-state index is 4.57. The fourth-order valence-corrected chi connectivity index (χ4v) is 4.26. The van der Waals surface area contributed by atoms with Gasteiger partial charge in [0.2, 0.25) is 0 Å². The smallest absolute Gasteiger partial charge is 0.0420 e. The van der Waals surface area contributed by atoms with Gasteiger partial charge in [-0.2, -0.15) is 0 Å². The summed E-state index contributed by atoms with van der Waals surface area (Å²) in [5.41, 5.74) is 1.48. The molecule has 118 valence electrons. The minimum Gasteiger partial charge on any atom is -0.315 e. The van der Waals surface area contributed by atoms with E-state index in [1.54, 1.807) is 0 Å². The van der Waals surface area contributed by atoms with Crippen LogP contribution in [0.15, 0.2) is 22.8 Å². The third-order valence-electron chi connectivity index (χ3n) is 5.06.